The summed E-state index contributed by atoms with van der Waals surface area (Å²) in [4.78, 5) is 6.52. The zero-order valence-corrected chi connectivity index (χ0v) is 15.2. The van der Waals surface area contributed by atoms with Gasteiger partial charge in [0.2, 0.25) is 0 Å². The van der Waals surface area contributed by atoms with E-state index in [-0.39, 0.29) is 5.75 Å². The maximum atomic E-state index is 12.2. The maximum Gasteiger partial charge on any atom is 0.573 e. The van der Waals surface area contributed by atoms with E-state index >= 15 is 0 Å². The summed E-state index contributed by atoms with van der Waals surface area (Å²) in [6, 6.07) is 5.94. The second kappa shape index (κ2) is 9.66. The Hall–Kier alpha value is -1.96. The van der Waals surface area contributed by atoms with Crippen molar-refractivity contribution in [2.75, 3.05) is 33.3 Å². The Morgan fingerprint density at radius 2 is 1.88 bits per heavy atom. The highest BCUT2D eigenvalue weighted by Crippen LogP contribution is 2.22. The number of rotatable bonds is 6. The molecule has 0 spiro atoms. The number of nitrogens with zero attached hydrogens (tertiary/aromatic N) is 2. The van der Waals surface area contributed by atoms with Crippen LogP contribution in [0.1, 0.15) is 25.3 Å². The van der Waals surface area contributed by atoms with E-state index in [0.29, 0.717) is 19.1 Å². The lowest BCUT2D eigenvalue weighted by molar-refractivity contribution is -0.274. The van der Waals surface area contributed by atoms with Crippen LogP contribution in [0.5, 0.6) is 5.75 Å². The van der Waals surface area contributed by atoms with Crippen LogP contribution in [0.25, 0.3) is 0 Å². The second-order valence-corrected chi connectivity index (χ2v) is 6.06. The van der Waals surface area contributed by atoms with Gasteiger partial charge in [-0.05, 0) is 43.9 Å². The molecule has 0 amide bonds. The summed E-state index contributed by atoms with van der Waals surface area (Å²) >= 11 is 0. The van der Waals surface area contributed by atoms with Crippen molar-refractivity contribution >= 4 is 5.96 Å². The number of hydrogen-bond donors (Lipinski definition) is 1. The number of nitrogens with one attached hydrogen (secondary N) is 1. The molecule has 0 unspecified atom stereocenters. The van der Waals surface area contributed by atoms with Crippen LogP contribution in [0, 0.1) is 0 Å². The molecule has 0 atom stereocenters. The molecular weight excluding hydrogens is 347 g/mol. The number of benzene rings is 1. The normalized spacial score (nSPS) is 16.7. The molecule has 1 aliphatic rings. The number of guanidine groups is 1. The number of halogens is 3. The molecule has 1 heterocycles. The Morgan fingerprint density at radius 1 is 1.23 bits per heavy atom. The summed E-state index contributed by atoms with van der Waals surface area (Å²) in [7, 11) is 1.75. The van der Waals surface area contributed by atoms with E-state index in [1.165, 1.54) is 12.1 Å². The second-order valence-electron chi connectivity index (χ2n) is 6.06. The van der Waals surface area contributed by atoms with Crippen LogP contribution >= 0.6 is 0 Å². The molecule has 1 aromatic carbocycles. The molecule has 8 heteroatoms. The SMILES string of the molecule is CCOC1CCN(C(=NC)NCCc2ccc(OC(F)(F)F)cc2)CC1. The van der Waals surface area contributed by atoms with Gasteiger partial charge in [-0.15, -0.1) is 13.2 Å². The van der Waals surface area contributed by atoms with Crippen LogP contribution in [0.2, 0.25) is 0 Å². The van der Waals surface area contributed by atoms with Crippen molar-refractivity contribution in [2.45, 2.75) is 38.7 Å². The number of piperidine rings is 1. The fourth-order valence-electron chi connectivity index (χ4n) is 2.98. The average molecular weight is 373 g/mol. The predicted molar refractivity (Wildman–Crippen MR) is 94.4 cm³/mol. The zero-order valence-electron chi connectivity index (χ0n) is 15.2. The summed E-state index contributed by atoms with van der Waals surface area (Å²) in [5, 5.41) is 3.31. The molecule has 2 rings (SSSR count). The van der Waals surface area contributed by atoms with Gasteiger partial charge in [-0.1, -0.05) is 12.1 Å². The van der Waals surface area contributed by atoms with Crippen molar-refractivity contribution in [3.63, 3.8) is 0 Å². The summed E-state index contributed by atoms with van der Waals surface area (Å²) in [5.74, 6) is 0.638. The van der Waals surface area contributed by atoms with Gasteiger partial charge in [-0.2, -0.15) is 0 Å². The molecule has 1 aliphatic heterocycles. The number of ether oxygens (including phenoxy) is 2. The first-order valence-electron chi connectivity index (χ1n) is 8.83. The van der Waals surface area contributed by atoms with Crippen LogP contribution in [0.15, 0.2) is 29.3 Å². The predicted octanol–water partition coefficient (Wildman–Crippen LogP) is 3.20. The Morgan fingerprint density at radius 3 is 2.42 bits per heavy atom. The molecule has 1 saturated heterocycles. The van der Waals surface area contributed by atoms with Gasteiger partial charge in [-0.3, -0.25) is 4.99 Å². The van der Waals surface area contributed by atoms with Crippen molar-refractivity contribution < 1.29 is 22.6 Å². The first-order chi connectivity index (χ1) is 12.4. The van der Waals surface area contributed by atoms with Crippen LogP contribution < -0.4 is 10.1 Å². The van der Waals surface area contributed by atoms with E-state index in [0.717, 1.165) is 44.1 Å². The average Bonchev–Trinajstić information content (AvgIpc) is 2.60. The van der Waals surface area contributed by atoms with E-state index in [2.05, 4.69) is 19.9 Å². The molecule has 0 bridgehead atoms. The molecule has 146 valence electrons. The maximum absolute atomic E-state index is 12.2. The summed E-state index contributed by atoms with van der Waals surface area (Å²) in [6.45, 7) is 5.19. The molecule has 1 aromatic rings. The van der Waals surface area contributed by atoms with E-state index in [4.69, 9.17) is 4.74 Å². The molecule has 1 N–H and O–H groups in total. The van der Waals surface area contributed by atoms with Gasteiger partial charge in [-0.25, -0.2) is 0 Å². The summed E-state index contributed by atoms with van der Waals surface area (Å²) in [6.07, 6.45) is -1.69. The first kappa shape index (κ1) is 20.4. The van der Waals surface area contributed by atoms with Crippen molar-refractivity contribution in [1.82, 2.24) is 10.2 Å². The molecule has 0 aliphatic carbocycles. The molecule has 0 saturated carbocycles. The Bertz CT molecular complexity index is 568. The standard InChI is InChI=1S/C18H26F3N3O2/c1-3-25-15-9-12-24(13-10-15)17(22-2)23-11-8-14-4-6-16(7-5-14)26-18(19,20)21/h4-7,15H,3,8-13H2,1-2H3,(H,22,23). The zero-order chi connectivity index (χ0) is 19.0. The highest BCUT2D eigenvalue weighted by Gasteiger charge is 2.30. The molecule has 1 fully saturated rings. The van der Waals surface area contributed by atoms with Crippen molar-refractivity contribution in [2.24, 2.45) is 4.99 Å². The van der Waals surface area contributed by atoms with Crippen molar-refractivity contribution in [1.29, 1.82) is 0 Å². The monoisotopic (exact) mass is 373 g/mol. The smallest absolute Gasteiger partial charge is 0.406 e. The molecule has 5 nitrogen and oxygen atoms in total. The fraction of sp³-hybridized carbons (Fsp3) is 0.611. The third kappa shape index (κ3) is 6.74. The summed E-state index contributed by atoms with van der Waals surface area (Å²) in [5.41, 5.74) is 0.928. The lowest BCUT2D eigenvalue weighted by Gasteiger charge is -2.34. The van der Waals surface area contributed by atoms with Gasteiger partial charge in [0.1, 0.15) is 5.75 Å². The highest BCUT2D eigenvalue weighted by molar-refractivity contribution is 5.79. The lowest BCUT2D eigenvalue weighted by Crippen LogP contribution is -2.47. The lowest BCUT2D eigenvalue weighted by atomic mass is 10.1. The van der Waals surface area contributed by atoms with E-state index in [1.54, 1.807) is 19.2 Å². The molecule has 0 radical (unpaired) electrons. The van der Waals surface area contributed by atoms with Crippen molar-refractivity contribution in [3.8, 4) is 5.75 Å². The number of alkyl halides is 3. The van der Waals surface area contributed by atoms with Gasteiger partial charge in [0.25, 0.3) is 0 Å². The topological polar surface area (TPSA) is 46.1 Å². The highest BCUT2D eigenvalue weighted by atomic mass is 19.4. The van der Waals surface area contributed by atoms with Crippen LogP contribution in [0.3, 0.4) is 0 Å². The van der Waals surface area contributed by atoms with Gasteiger partial charge in [0.05, 0.1) is 6.10 Å². The molecule has 0 aromatic heterocycles. The number of likely N-dealkylation sites (tertiary alicyclic amines) is 1. The number of hydrogen-bond acceptors (Lipinski definition) is 3. The van der Waals surface area contributed by atoms with E-state index < -0.39 is 6.36 Å². The number of aliphatic imine (C=N–C) groups is 1. The fourth-order valence-corrected chi connectivity index (χ4v) is 2.98. The van der Waals surface area contributed by atoms with Crippen LogP contribution in [-0.2, 0) is 11.2 Å². The Balaban J connectivity index is 1.75. The van der Waals surface area contributed by atoms with Gasteiger partial charge >= 0.3 is 6.36 Å². The van der Waals surface area contributed by atoms with Gasteiger partial charge in [0.15, 0.2) is 5.96 Å². The molecular formula is C18H26F3N3O2. The van der Waals surface area contributed by atoms with Crippen molar-refractivity contribution in [3.05, 3.63) is 29.8 Å². The minimum Gasteiger partial charge on any atom is -0.406 e. The Kier molecular flexibility index (Phi) is 7.56. The quantitative estimate of drug-likeness (QED) is 0.614. The first-order valence-corrected chi connectivity index (χ1v) is 8.83. The van der Waals surface area contributed by atoms with Gasteiger partial charge < -0.3 is 19.7 Å². The minimum atomic E-state index is -4.66. The van der Waals surface area contributed by atoms with Crippen LogP contribution in [-0.4, -0.2) is 56.6 Å². The minimum absolute atomic E-state index is 0.206. The third-order valence-electron chi connectivity index (χ3n) is 4.21. The molecule has 26 heavy (non-hydrogen) atoms. The van der Waals surface area contributed by atoms with Gasteiger partial charge in [0, 0.05) is 33.3 Å². The summed E-state index contributed by atoms with van der Waals surface area (Å²) < 4.78 is 46.0. The third-order valence-corrected chi connectivity index (χ3v) is 4.21. The Labute approximate surface area is 152 Å². The van der Waals surface area contributed by atoms with E-state index in [9.17, 15) is 13.2 Å². The van der Waals surface area contributed by atoms with E-state index in [1.807, 2.05) is 6.92 Å². The largest absolute Gasteiger partial charge is 0.573 e. The van der Waals surface area contributed by atoms with Crippen LogP contribution in [0.4, 0.5) is 13.2 Å².